The average molecular weight is 467 g/mol. The van der Waals surface area contributed by atoms with Crippen LogP contribution in [0.25, 0.3) is 0 Å². The summed E-state index contributed by atoms with van der Waals surface area (Å²) in [7, 11) is 1.84. The van der Waals surface area contributed by atoms with Crippen molar-refractivity contribution in [3.8, 4) is 17.4 Å². The molecule has 0 bridgehead atoms. The minimum atomic E-state index is -4.85. The molecule has 0 saturated carbocycles. The minimum Gasteiger partial charge on any atom is -0.473 e. The van der Waals surface area contributed by atoms with Crippen molar-refractivity contribution < 1.29 is 31.4 Å². The number of hydrogen-bond donors (Lipinski definition) is 0. The van der Waals surface area contributed by atoms with Crippen LogP contribution in [0, 0.1) is 18.6 Å². The van der Waals surface area contributed by atoms with Gasteiger partial charge in [-0.3, -0.25) is 4.57 Å². The molecule has 2 heterocycles. The highest BCUT2D eigenvalue weighted by Crippen LogP contribution is 2.35. The molecule has 0 radical (unpaired) electrons. The normalized spacial score (nSPS) is 13.2. The van der Waals surface area contributed by atoms with Crippen molar-refractivity contribution in [2.45, 2.75) is 26.3 Å². The molecular weight excluding hydrogens is 449 g/mol. The Hall–Kier alpha value is -3.63. The van der Waals surface area contributed by atoms with Crippen molar-refractivity contribution in [1.82, 2.24) is 9.55 Å². The molecule has 3 aromatic rings. The van der Waals surface area contributed by atoms with Gasteiger partial charge in [-0.15, -0.1) is 0 Å². The number of halogens is 5. The predicted molar refractivity (Wildman–Crippen MR) is 109 cm³/mol. The summed E-state index contributed by atoms with van der Waals surface area (Å²) < 4.78 is 78.9. The number of aryl methyl sites for hydroxylation is 1. The van der Waals surface area contributed by atoms with Crippen LogP contribution in [0.4, 0.5) is 27.8 Å². The van der Waals surface area contributed by atoms with Gasteiger partial charge in [0, 0.05) is 32.3 Å². The van der Waals surface area contributed by atoms with Gasteiger partial charge < -0.3 is 14.4 Å². The van der Waals surface area contributed by atoms with Crippen molar-refractivity contribution in [1.29, 1.82) is 0 Å². The molecule has 0 saturated heterocycles. The quantitative estimate of drug-likeness (QED) is 0.511. The van der Waals surface area contributed by atoms with Gasteiger partial charge in [0.1, 0.15) is 24.0 Å². The lowest BCUT2D eigenvalue weighted by molar-refractivity contribution is -0.140. The third-order valence-electron chi connectivity index (χ3n) is 5.16. The Labute approximate surface area is 184 Å². The monoisotopic (exact) mass is 467 g/mol. The van der Waals surface area contributed by atoms with Gasteiger partial charge in [0.05, 0.1) is 5.56 Å². The smallest absolute Gasteiger partial charge is 0.419 e. The third kappa shape index (κ3) is 4.62. The Bertz CT molecular complexity index is 1250. The lowest BCUT2D eigenvalue weighted by Gasteiger charge is -2.14. The van der Waals surface area contributed by atoms with E-state index in [9.17, 15) is 26.7 Å². The number of alkyl halides is 3. The lowest BCUT2D eigenvalue weighted by atomic mass is 10.1. The summed E-state index contributed by atoms with van der Waals surface area (Å²) in [6.45, 7) is 2.64. The number of aromatic nitrogens is 2. The highest BCUT2D eigenvalue weighted by atomic mass is 19.4. The highest BCUT2D eigenvalue weighted by molar-refractivity contribution is 5.45. The fraction of sp³-hybridized carbons (Fsp3) is 0.273. The largest absolute Gasteiger partial charge is 0.473 e. The predicted octanol–water partition coefficient (Wildman–Crippen LogP) is 4.67. The minimum absolute atomic E-state index is 0.0907. The molecule has 0 atom stereocenters. The first kappa shape index (κ1) is 22.6. The maximum absolute atomic E-state index is 14.7. The number of benzene rings is 2. The number of hydrogen-bond acceptors (Lipinski definition) is 5. The molecule has 11 heteroatoms. The fourth-order valence-electron chi connectivity index (χ4n) is 3.52. The molecule has 174 valence electrons. The number of likely N-dealkylation sites (N-methyl/N-ethyl adjacent to an activating group) is 1. The summed E-state index contributed by atoms with van der Waals surface area (Å²) in [5.74, 6) is -2.10. The molecular formula is C22H18F5N3O3. The molecule has 2 aromatic carbocycles. The van der Waals surface area contributed by atoms with E-state index in [1.54, 1.807) is 12.1 Å². The Kier molecular flexibility index (Phi) is 5.73. The zero-order valence-corrected chi connectivity index (χ0v) is 17.5. The van der Waals surface area contributed by atoms with Gasteiger partial charge in [-0.05, 0) is 42.3 Å². The Morgan fingerprint density at radius 3 is 2.48 bits per heavy atom. The zero-order chi connectivity index (χ0) is 23.9. The van der Waals surface area contributed by atoms with E-state index in [1.165, 1.54) is 11.5 Å². The molecule has 0 fully saturated rings. The highest BCUT2D eigenvalue weighted by Gasteiger charge is 2.34. The van der Waals surface area contributed by atoms with Crippen molar-refractivity contribution in [2.75, 3.05) is 18.5 Å². The first-order valence-corrected chi connectivity index (χ1v) is 9.82. The summed E-state index contributed by atoms with van der Waals surface area (Å²) in [6, 6.07) is 6.28. The summed E-state index contributed by atoms with van der Waals surface area (Å²) in [4.78, 5) is 17.8. The maximum Gasteiger partial charge on any atom is 0.419 e. The van der Waals surface area contributed by atoms with Crippen molar-refractivity contribution >= 4 is 5.82 Å². The molecule has 0 aliphatic carbocycles. The van der Waals surface area contributed by atoms with Crippen LogP contribution in [-0.2, 0) is 19.3 Å². The molecule has 1 aliphatic rings. The van der Waals surface area contributed by atoms with E-state index in [1.807, 2.05) is 11.9 Å². The molecule has 0 spiro atoms. The van der Waals surface area contributed by atoms with E-state index >= 15 is 0 Å². The van der Waals surface area contributed by atoms with Gasteiger partial charge in [-0.1, -0.05) is 0 Å². The SMILES string of the molecule is Cc1cc(COc2cc3n(c(=O)n2)CCN3C)cc(F)c1Oc1ccc(C(F)(F)F)c(F)c1. The Morgan fingerprint density at radius 2 is 1.82 bits per heavy atom. The number of ether oxygens (including phenoxy) is 2. The summed E-state index contributed by atoms with van der Waals surface area (Å²) in [5, 5.41) is 0. The van der Waals surface area contributed by atoms with Gasteiger partial charge in [-0.2, -0.15) is 18.2 Å². The van der Waals surface area contributed by atoms with Crippen LogP contribution in [0.15, 0.2) is 41.2 Å². The molecule has 0 unspecified atom stereocenters. The third-order valence-corrected chi connectivity index (χ3v) is 5.16. The standard InChI is InChI=1S/C22H18F5N3O3/c1-12-7-13(11-32-18-10-19-29(2)5-6-30(19)21(31)28-18)8-17(24)20(12)33-14-3-4-15(16(23)9-14)22(25,26)27/h3-4,7-10H,5-6,11H2,1-2H3. The average Bonchev–Trinajstić information content (AvgIpc) is 3.10. The molecule has 4 rings (SSSR count). The van der Waals surface area contributed by atoms with Gasteiger partial charge in [0.2, 0.25) is 5.88 Å². The zero-order valence-electron chi connectivity index (χ0n) is 17.5. The van der Waals surface area contributed by atoms with E-state index in [-0.39, 0.29) is 24.0 Å². The topological polar surface area (TPSA) is 56.6 Å². The van der Waals surface area contributed by atoms with Crippen LogP contribution in [0.5, 0.6) is 17.4 Å². The van der Waals surface area contributed by atoms with E-state index < -0.39 is 29.1 Å². The van der Waals surface area contributed by atoms with Gasteiger partial charge in [0.25, 0.3) is 0 Å². The summed E-state index contributed by atoms with van der Waals surface area (Å²) in [6.07, 6.45) is -4.85. The molecule has 6 nitrogen and oxygen atoms in total. The maximum atomic E-state index is 14.7. The molecule has 1 aliphatic heterocycles. The fourth-order valence-corrected chi connectivity index (χ4v) is 3.52. The number of nitrogens with zero attached hydrogens (tertiary/aromatic N) is 3. The first-order valence-electron chi connectivity index (χ1n) is 9.82. The van der Waals surface area contributed by atoms with Crippen molar-refractivity contribution in [3.63, 3.8) is 0 Å². The number of anilines is 1. The summed E-state index contributed by atoms with van der Waals surface area (Å²) >= 11 is 0. The van der Waals surface area contributed by atoms with Gasteiger partial charge >= 0.3 is 11.9 Å². The second-order valence-electron chi connectivity index (χ2n) is 7.56. The number of fused-ring (bicyclic) bond motifs is 1. The van der Waals surface area contributed by atoms with E-state index in [4.69, 9.17) is 9.47 Å². The lowest BCUT2D eigenvalue weighted by Crippen LogP contribution is -2.22. The van der Waals surface area contributed by atoms with E-state index in [0.717, 1.165) is 12.1 Å². The van der Waals surface area contributed by atoms with E-state index in [0.29, 0.717) is 42.2 Å². The molecule has 33 heavy (non-hydrogen) atoms. The van der Waals surface area contributed by atoms with Crippen LogP contribution in [-0.4, -0.2) is 23.1 Å². The van der Waals surface area contributed by atoms with Gasteiger partial charge in [-0.25, -0.2) is 13.6 Å². The van der Waals surface area contributed by atoms with Crippen LogP contribution in [0.3, 0.4) is 0 Å². The van der Waals surface area contributed by atoms with Gasteiger partial charge in [0.15, 0.2) is 11.6 Å². The van der Waals surface area contributed by atoms with Crippen LogP contribution >= 0.6 is 0 Å². The van der Waals surface area contributed by atoms with Crippen molar-refractivity contribution in [3.05, 3.63) is 75.2 Å². The first-order chi connectivity index (χ1) is 15.5. The molecule has 0 N–H and O–H groups in total. The molecule has 1 aromatic heterocycles. The van der Waals surface area contributed by atoms with Crippen LogP contribution in [0.2, 0.25) is 0 Å². The molecule has 0 amide bonds. The second kappa shape index (κ2) is 8.38. The van der Waals surface area contributed by atoms with Crippen LogP contribution < -0.4 is 20.1 Å². The Morgan fingerprint density at radius 1 is 1.06 bits per heavy atom. The van der Waals surface area contributed by atoms with Crippen molar-refractivity contribution in [2.24, 2.45) is 0 Å². The second-order valence-corrected chi connectivity index (χ2v) is 7.56. The van der Waals surface area contributed by atoms with Crippen LogP contribution in [0.1, 0.15) is 16.7 Å². The Balaban J connectivity index is 1.50. The summed E-state index contributed by atoms with van der Waals surface area (Å²) in [5.41, 5.74) is -1.16. The van der Waals surface area contributed by atoms with E-state index in [2.05, 4.69) is 4.98 Å². The number of rotatable bonds is 5.